The SMILES string of the molecule is COC(=O)/C=C/c1ccc2c(c1)CCC2N(CCO[Si](C)(C)C(C)(C)C)Cc1ccccn1. The Labute approximate surface area is 200 Å². The Morgan fingerprint density at radius 3 is 2.70 bits per heavy atom. The first-order valence-electron chi connectivity index (χ1n) is 11.8. The minimum atomic E-state index is -1.79. The predicted molar refractivity (Wildman–Crippen MR) is 136 cm³/mol. The summed E-state index contributed by atoms with van der Waals surface area (Å²) in [6.07, 6.45) is 7.26. The van der Waals surface area contributed by atoms with Crippen LogP contribution in [0.5, 0.6) is 0 Å². The second-order valence-electron chi connectivity index (χ2n) is 10.3. The van der Waals surface area contributed by atoms with Crippen LogP contribution < -0.4 is 0 Å². The van der Waals surface area contributed by atoms with Gasteiger partial charge in [0.2, 0.25) is 0 Å². The van der Waals surface area contributed by atoms with Crippen molar-refractivity contribution in [3.63, 3.8) is 0 Å². The van der Waals surface area contributed by atoms with Gasteiger partial charge in [0, 0.05) is 38.0 Å². The van der Waals surface area contributed by atoms with Crippen molar-refractivity contribution in [3.8, 4) is 0 Å². The molecule has 0 saturated carbocycles. The average molecular weight is 467 g/mol. The van der Waals surface area contributed by atoms with Gasteiger partial charge in [-0.3, -0.25) is 9.88 Å². The van der Waals surface area contributed by atoms with Crippen LogP contribution in [0.4, 0.5) is 0 Å². The zero-order chi connectivity index (χ0) is 24.1. The van der Waals surface area contributed by atoms with Gasteiger partial charge >= 0.3 is 5.97 Å². The monoisotopic (exact) mass is 466 g/mol. The maximum atomic E-state index is 11.4. The molecular formula is C27H38N2O3Si. The van der Waals surface area contributed by atoms with Gasteiger partial charge in [0.1, 0.15) is 0 Å². The van der Waals surface area contributed by atoms with Gasteiger partial charge in [-0.2, -0.15) is 0 Å². The summed E-state index contributed by atoms with van der Waals surface area (Å²) < 4.78 is 11.2. The highest BCUT2D eigenvalue weighted by Crippen LogP contribution is 2.38. The lowest BCUT2D eigenvalue weighted by Gasteiger charge is -2.37. The van der Waals surface area contributed by atoms with Gasteiger partial charge in [0.05, 0.1) is 12.8 Å². The number of hydrogen-bond donors (Lipinski definition) is 0. The highest BCUT2D eigenvalue weighted by atomic mass is 28.4. The van der Waals surface area contributed by atoms with E-state index in [1.165, 1.54) is 24.3 Å². The van der Waals surface area contributed by atoms with Gasteiger partial charge in [-0.25, -0.2) is 4.79 Å². The van der Waals surface area contributed by atoms with Crippen LogP contribution in [-0.2, 0) is 26.9 Å². The van der Waals surface area contributed by atoms with Crippen molar-refractivity contribution in [2.75, 3.05) is 20.3 Å². The number of hydrogen-bond acceptors (Lipinski definition) is 5. The quantitative estimate of drug-likeness (QED) is 0.266. The van der Waals surface area contributed by atoms with Crippen molar-refractivity contribution >= 4 is 20.4 Å². The third-order valence-electron chi connectivity index (χ3n) is 7.01. The van der Waals surface area contributed by atoms with Gasteiger partial charge in [0.15, 0.2) is 8.32 Å². The molecule has 5 nitrogen and oxygen atoms in total. The molecule has 0 bridgehead atoms. The second-order valence-corrected chi connectivity index (χ2v) is 15.1. The summed E-state index contributed by atoms with van der Waals surface area (Å²) in [4.78, 5) is 18.5. The van der Waals surface area contributed by atoms with E-state index in [1.54, 1.807) is 0 Å². The summed E-state index contributed by atoms with van der Waals surface area (Å²) in [5, 5.41) is 0.201. The van der Waals surface area contributed by atoms with Crippen molar-refractivity contribution in [1.82, 2.24) is 9.88 Å². The third-order valence-corrected chi connectivity index (χ3v) is 11.5. The van der Waals surface area contributed by atoms with Crippen molar-refractivity contribution in [2.24, 2.45) is 0 Å². The zero-order valence-corrected chi connectivity index (χ0v) is 21.9. The lowest BCUT2D eigenvalue weighted by molar-refractivity contribution is -0.134. The van der Waals surface area contributed by atoms with E-state index in [-0.39, 0.29) is 11.0 Å². The standard InChI is InChI=1S/C27H38N2O3Si/c1-27(2,3)33(5,6)32-18-17-29(20-23-9-7-8-16-28-23)25-14-12-22-19-21(10-13-24(22)25)11-15-26(30)31-4/h7-11,13,15-16,19,25H,12,14,17-18,20H2,1-6H3/b15-11+. The number of carbonyl (C=O) groups excluding carboxylic acids is 1. The van der Waals surface area contributed by atoms with Gasteiger partial charge in [-0.15, -0.1) is 0 Å². The predicted octanol–water partition coefficient (Wildman–Crippen LogP) is 5.78. The van der Waals surface area contributed by atoms with E-state index < -0.39 is 8.32 Å². The Morgan fingerprint density at radius 1 is 1.24 bits per heavy atom. The molecule has 33 heavy (non-hydrogen) atoms. The number of rotatable bonds is 9. The highest BCUT2D eigenvalue weighted by molar-refractivity contribution is 6.74. The van der Waals surface area contributed by atoms with E-state index in [1.807, 2.05) is 18.3 Å². The number of aryl methyl sites for hydroxylation is 1. The van der Waals surface area contributed by atoms with E-state index in [9.17, 15) is 4.79 Å². The number of fused-ring (bicyclic) bond motifs is 1. The summed E-state index contributed by atoms with van der Waals surface area (Å²) in [7, 11) is -0.398. The van der Waals surface area contributed by atoms with Gasteiger partial charge in [-0.05, 0) is 65.9 Å². The summed E-state index contributed by atoms with van der Waals surface area (Å²) >= 11 is 0. The van der Waals surface area contributed by atoms with Crippen molar-refractivity contribution in [2.45, 2.75) is 64.3 Å². The fourth-order valence-electron chi connectivity index (χ4n) is 4.01. The Hall–Kier alpha value is -2.28. The van der Waals surface area contributed by atoms with Gasteiger partial charge in [0.25, 0.3) is 0 Å². The van der Waals surface area contributed by atoms with E-state index in [4.69, 9.17) is 9.16 Å². The molecule has 2 aromatic rings. The molecule has 1 aromatic heterocycles. The van der Waals surface area contributed by atoms with Gasteiger partial charge in [-0.1, -0.05) is 45.0 Å². The normalized spacial score (nSPS) is 16.4. The fourth-order valence-corrected chi connectivity index (χ4v) is 5.04. The smallest absolute Gasteiger partial charge is 0.330 e. The lowest BCUT2D eigenvalue weighted by atomic mass is 10.0. The molecule has 0 aliphatic heterocycles. The molecule has 1 aromatic carbocycles. The van der Waals surface area contributed by atoms with E-state index >= 15 is 0 Å². The Balaban J connectivity index is 1.77. The van der Waals surface area contributed by atoms with Crippen LogP contribution in [0.25, 0.3) is 6.08 Å². The van der Waals surface area contributed by atoms with E-state index in [2.05, 4.69) is 74.1 Å². The summed E-state index contributed by atoms with van der Waals surface area (Å²) in [5.41, 5.74) is 4.82. The molecule has 1 aliphatic carbocycles. The number of methoxy groups -OCH3 is 1. The molecule has 1 unspecified atom stereocenters. The molecule has 0 fully saturated rings. The molecule has 3 rings (SSSR count). The maximum Gasteiger partial charge on any atom is 0.330 e. The Morgan fingerprint density at radius 2 is 2.03 bits per heavy atom. The number of carbonyl (C=O) groups is 1. The number of pyridine rings is 1. The molecule has 178 valence electrons. The first-order valence-corrected chi connectivity index (χ1v) is 14.7. The Bertz CT molecular complexity index is 967. The fraction of sp³-hybridized carbons (Fsp3) is 0.481. The zero-order valence-electron chi connectivity index (χ0n) is 20.9. The number of benzene rings is 1. The molecule has 0 saturated heterocycles. The molecule has 0 spiro atoms. The van der Waals surface area contributed by atoms with Crippen LogP contribution in [0.1, 0.15) is 55.6 Å². The molecule has 0 amide bonds. The molecule has 1 atom stereocenters. The molecule has 1 aliphatic rings. The topological polar surface area (TPSA) is 51.7 Å². The first-order chi connectivity index (χ1) is 15.6. The number of nitrogens with zero attached hydrogens (tertiary/aromatic N) is 2. The van der Waals surface area contributed by atoms with E-state index in [0.29, 0.717) is 6.04 Å². The summed E-state index contributed by atoms with van der Waals surface area (Å²) in [6.45, 7) is 13.9. The van der Waals surface area contributed by atoms with Crippen LogP contribution in [0, 0.1) is 0 Å². The van der Waals surface area contributed by atoms with E-state index in [0.717, 1.165) is 43.8 Å². The first kappa shape index (κ1) is 25.3. The third kappa shape index (κ3) is 6.62. The molecular weight excluding hydrogens is 428 g/mol. The van der Waals surface area contributed by atoms with Crippen molar-refractivity contribution < 1.29 is 14.0 Å². The molecule has 6 heteroatoms. The van der Waals surface area contributed by atoms with Crippen molar-refractivity contribution in [3.05, 3.63) is 71.1 Å². The van der Waals surface area contributed by atoms with Crippen LogP contribution in [0.3, 0.4) is 0 Å². The molecule has 1 heterocycles. The van der Waals surface area contributed by atoms with Crippen LogP contribution in [-0.4, -0.2) is 44.4 Å². The second kappa shape index (κ2) is 10.8. The highest BCUT2D eigenvalue weighted by Gasteiger charge is 2.37. The van der Waals surface area contributed by atoms with Gasteiger partial charge < -0.3 is 9.16 Å². The molecule has 0 radical (unpaired) electrons. The number of esters is 1. The Kier molecular flexibility index (Phi) is 8.27. The maximum absolute atomic E-state index is 11.4. The number of aromatic nitrogens is 1. The van der Waals surface area contributed by atoms with Crippen LogP contribution in [0.15, 0.2) is 48.7 Å². The minimum absolute atomic E-state index is 0.201. The van der Waals surface area contributed by atoms with Crippen LogP contribution in [0.2, 0.25) is 18.1 Å². The minimum Gasteiger partial charge on any atom is -0.466 e. The summed E-state index contributed by atoms with van der Waals surface area (Å²) in [6, 6.07) is 12.9. The van der Waals surface area contributed by atoms with Crippen LogP contribution >= 0.6 is 0 Å². The molecule has 0 N–H and O–H groups in total. The van der Waals surface area contributed by atoms with Crippen molar-refractivity contribution in [1.29, 1.82) is 0 Å². The average Bonchev–Trinajstić information content (AvgIpc) is 3.19. The largest absolute Gasteiger partial charge is 0.466 e. The summed E-state index contributed by atoms with van der Waals surface area (Å²) in [5.74, 6) is -0.336. The number of ether oxygens (including phenoxy) is 1. The lowest BCUT2D eigenvalue weighted by Crippen LogP contribution is -2.43.